The number of hydrogen-bond donors (Lipinski definition) is 3. The van der Waals surface area contributed by atoms with Gasteiger partial charge in [0.25, 0.3) is 0 Å². The minimum absolute atomic E-state index is 0.0778. The van der Waals surface area contributed by atoms with Gasteiger partial charge < -0.3 is 11.1 Å². The highest BCUT2D eigenvalue weighted by Gasteiger charge is 2.27. The van der Waals surface area contributed by atoms with E-state index in [0.717, 1.165) is 12.0 Å². The third-order valence-electron chi connectivity index (χ3n) is 3.14. The van der Waals surface area contributed by atoms with Crippen molar-refractivity contribution in [3.05, 3.63) is 23.8 Å². The van der Waals surface area contributed by atoms with E-state index in [4.69, 9.17) is 5.73 Å². The summed E-state index contributed by atoms with van der Waals surface area (Å²) in [4.78, 5) is 11.6. The lowest BCUT2D eigenvalue weighted by molar-refractivity contribution is -0.124. The number of carbonyl (C=O) groups is 1. The molecule has 1 fully saturated rings. The van der Waals surface area contributed by atoms with Crippen molar-refractivity contribution in [1.82, 2.24) is 10.0 Å². The zero-order valence-electron chi connectivity index (χ0n) is 10.6. The number of piperidine rings is 1. The van der Waals surface area contributed by atoms with Crippen LogP contribution in [0.25, 0.3) is 0 Å². The molecule has 0 bridgehead atoms. The van der Waals surface area contributed by atoms with Gasteiger partial charge in [-0.05, 0) is 37.5 Å². The van der Waals surface area contributed by atoms with Crippen LogP contribution in [0.1, 0.15) is 18.4 Å². The van der Waals surface area contributed by atoms with Gasteiger partial charge >= 0.3 is 0 Å². The first-order valence-corrected chi connectivity index (χ1v) is 7.54. The van der Waals surface area contributed by atoms with Crippen LogP contribution in [0.4, 0.5) is 5.69 Å². The molecule has 1 aliphatic rings. The minimum Gasteiger partial charge on any atom is -0.398 e. The van der Waals surface area contributed by atoms with E-state index in [1.807, 2.05) is 0 Å². The number of nitrogens with two attached hydrogens (primary N) is 1. The van der Waals surface area contributed by atoms with Crippen LogP contribution in [0.15, 0.2) is 23.1 Å². The molecule has 1 unspecified atom stereocenters. The molecule has 0 spiro atoms. The summed E-state index contributed by atoms with van der Waals surface area (Å²) in [7, 11) is -3.72. The average molecular weight is 283 g/mol. The van der Waals surface area contributed by atoms with Crippen molar-refractivity contribution in [2.24, 2.45) is 0 Å². The van der Waals surface area contributed by atoms with Crippen LogP contribution < -0.4 is 15.8 Å². The van der Waals surface area contributed by atoms with Crippen LogP contribution in [0.2, 0.25) is 0 Å². The van der Waals surface area contributed by atoms with Gasteiger partial charge in [0.2, 0.25) is 15.9 Å². The van der Waals surface area contributed by atoms with Crippen molar-refractivity contribution < 1.29 is 13.2 Å². The molecule has 1 aromatic carbocycles. The zero-order chi connectivity index (χ0) is 14.0. The molecule has 7 heteroatoms. The Kier molecular flexibility index (Phi) is 3.77. The van der Waals surface area contributed by atoms with Gasteiger partial charge in [0, 0.05) is 12.2 Å². The maximum absolute atomic E-state index is 12.2. The van der Waals surface area contributed by atoms with E-state index >= 15 is 0 Å². The van der Waals surface area contributed by atoms with Crippen molar-refractivity contribution in [1.29, 1.82) is 0 Å². The molecule has 1 heterocycles. The molecular formula is C12H17N3O3S. The predicted octanol–water partition coefficient (Wildman–Crippen LogP) is 0.134. The molecule has 19 heavy (non-hydrogen) atoms. The van der Waals surface area contributed by atoms with Gasteiger partial charge in [0.15, 0.2) is 0 Å². The molecule has 1 amide bonds. The Labute approximate surface area is 112 Å². The molecule has 0 aliphatic carbocycles. The second-order valence-electron chi connectivity index (χ2n) is 4.63. The summed E-state index contributed by atoms with van der Waals surface area (Å²) in [6.45, 7) is 2.39. The Morgan fingerprint density at radius 2 is 2.16 bits per heavy atom. The molecule has 4 N–H and O–H groups in total. The maximum Gasteiger partial charge on any atom is 0.241 e. The Bertz CT molecular complexity index is 598. The first-order valence-electron chi connectivity index (χ1n) is 6.06. The number of sulfonamides is 1. The lowest BCUT2D eigenvalue weighted by Crippen LogP contribution is -2.50. The number of nitrogen functional groups attached to an aromatic ring is 1. The van der Waals surface area contributed by atoms with E-state index < -0.39 is 16.1 Å². The first kappa shape index (κ1) is 13.8. The first-order chi connectivity index (χ1) is 8.90. The highest BCUT2D eigenvalue weighted by molar-refractivity contribution is 7.89. The molecule has 1 aromatic rings. The lowest BCUT2D eigenvalue weighted by Gasteiger charge is -2.22. The Morgan fingerprint density at radius 1 is 1.42 bits per heavy atom. The summed E-state index contributed by atoms with van der Waals surface area (Å²) in [5.74, 6) is -0.282. The quantitative estimate of drug-likeness (QED) is 0.686. The van der Waals surface area contributed by atoms with Gasteiger partial charge in [-0.25, -0.2) is 8.42 Å². The molecule has 1 atom stereocenters. The number of amides is 1. The van der Waals surface area contributed by atoms with Gasteiger partial charge in [-0.3, -0.25) is 4.79 Å². The van der Waals surface area contributed by atoms with Gasteiger partial charge in [-0.2, -0.15) is 4.72 Å². The van der Waals surface area contributed by atoms with E-state index in [9.17, 15) is 13.2 Å². The molecule has 6 nitrogen and oxygen atoms in total. The van der Waals surface area contributed by atoms with Crippen LogP contribution >= 0.6 is 0 Å². The standard InChI is InChI=1S/C12H17N3O3S/c1-8-4-5-9(7-10(8)13)19(17,18)15-11-3-2-6-14-12(11)16/h4-5,7,11,15H,2-3,6,13H2,1H3,(H,14,16). The second kappa shape index (κ2) is 5.18. The van der Waals surface area contributed by atoms with Crippen molar-refractivity contribution in [3.8, 4) is 0 Å². The van der Waals surface area contributed by atoms with Gasteiger partial charge in [0.05, 0.1) is 4.90 Å². The summed E-state index contributed by atoms with van der Waals surface area (Å²) in [5, 5.41) is 2.64. The largest absolute Gasteiger partial charge is 0.398 e. The smallest absolute Gasteiger partial charge is 0.241 e. The van der Waals surface area contributed by atoms with E-state index in [2.05, 4.69) is 10.0 Å². The number of aryl methyl sites for hydroxylation is 1. The summed E-state index contributed by atoms with van der Waals surface area (Å²) in [6, 6.07) is 3.82. The third kappa shape index (κ3) is 3.05. The third-order valence-corrected chi connectivity index (χ3v) is 4.61. The Morgan fingerprint density at radius 3 is 2.79 bits per heavy atom. The van der Waals surface area contributed by atoms with Crippen molar-refractivity contribution in [2.45, 2.75) is 30.7 Å². The minimum atomic E-state index is -3.72. The van der Waals surface area contributed by atoms with E-state index in [-0.39, 0.29) is 10.8 Å². The zero-order valence-corrected chi connectivity index (χ0v) is 11.5. The SMILES string of the molecule is Cc1ccc(S(=O)(=O)NC2CCCNC2=O)cc1N. The fourth-order valence-electron chi connectivity index (χ4n) is 1.93. The van der Waals surface area contributed by atoms with E-state index in [1.165, 1.54) is 12.1 Å². The van der Waals surface area contributed by atoms with Gasteiger partial charge in [-0.1, -0.05) is 6.07 Å². The topological polar surface area (TPSA) is 101 Å². The maximum atomic E-state index is 12.2. The van der Waals surface area contributed by atoms with Gasteiger partial charge in [0.1, 0.15) is 6.04 Å². The molecule has 0 radical (unpaired) electrons. The van der Waals surface area contributed by atoms with Crippen LogP contribution in [0.3, 0.4) is 0 Å². The van der Waals surface area contributed by atoms with Crippen molar-refractivity contribution in [3.63, 3.8) is 0 Å². The summed E-state index contributed by atoms with van der Waals surface area (Å²) in [6.07, 6.45) is 1.27. The number of benzene rings is 1. The molecule has 104 valence electrons. The fraction of sp³-hybridized carbons (Fsp3) is 0.417. The van der Waals surface area contributed by atoms with Crippen LogP contribution in [0, 0.1) is 6.92 Å². The number of rotatable bonds is 3. The highest BCUT2D eigenvalue weighted by Crippen LogP contribution is 2.18. The van der Waals surface area contributed by atoms with Crippen molar-refractivity contribution in [2.75, 3.05) is 12.3 Å². The van der Waals surface area contributed by atoms with E-state index in [1.54, 1.807) is 13.0 Å². The normalized spacial score (nSPS) is 20.1. The lowest BCUT2D eigenvalue weighted by atomic mass is 10.1. The highest BCUT2D eigenvalue weighted by atomic mass is 32.2. The molecule has 0 aromatic heterocycles. The Balaban J connectivity index is 2.22. The molecule has 1 saturated heterocycles. The number of nitrogens with one attached hydrogen (secondary N) is 2. The molecular weight excluding hydrogens is 266 g/mol. The average Bonchev–Trinajstić information content (AvgIpc) is 2.35. The molecule has 2 rings (SSSR count). The summed E-state index contributed by atoms with van der Waals surface area (Å²) < 4.78 is 26.7. The summed E-state index contributed by atoms with van der Waals surface area (Å²) >= 11 is 0. The number of carbonyl (C=O) groups excluding carboxylic acids is 1. The van der Waals surface area contributed by atoms with Crippen LogP contribution in [-0.2, 0) is 14.8 Å². The Hall–Kier alpha value is -1.60. The molecule has 0 saturated carbocycles. The number of hydrogen-bond acceptors (Lipinski definition) is 4. The molecule has 1 aliphatic heterocycles. The van der Waals surface area contributed by atoms with Crippen molar-refractivity contribution >= 4 is 21.6 Å². The number of anilines is 1. The fourth-order valence-corrected chi connectivity index (χ4v) is 3.19. The monoisotopic (exact) mass is 283 g/mol. The van der Waals surface area contributed by atoms with E-state index in [0.29, 0.717) is 18.7 Å². The summed E-state index contributed by atoms with van der Waals surface area (Å²) in [5.41, 5.74) is 6.93. The second-order valence-corrected chi connectivity index (χ2v) is 6.34. The van der Waals surface area contributed by atoms with Crippen LogP contribution in [0.5, 0.6) is 0 Å². The predicted molar refractivity (Wildman–Crippen MR) is 71.9 cm³/mol. The van der Waals surface area contributed by atoms with Crippen LogP contribution in [-0.4, -0.2) is 26.9 Å². The van der Waals surface area contributed by atoms with Gasteiger partial charge in [-0.15, -0.1) is 0 Å².